The summed E-state index contributed by atoms with van der Waals surface area (Å²) in [4.78, 5) is 15.0. The first-order valence-corrected chi connectivity index (χ1v) is 18.8. The Kier molecular flexibility index (Phi) is 7.42. The second-order valence-electron chi connectivity index (χ2n) is 14.0. The van der Waals surface area contributed by atoms with Gasteiger partial charge in [0.25, 0.3) is 0 Å². The molecule has 0 unspecified atom stereocenters. The molecule has 0 bridgehead atoms. The third-order valence-electron chi connectivity index (χ3n) is 10.7. The minimum atomic E-state index is 0.583. The van der Waals surface area contributed by atoms with Crippen LogP contribution in [0.25, 0.3) is 106 Å². The van der Waals surface area contributed by atoms with E-state index in [1.807, 2.05) is 36.4 Å². The van der Waals surface area contributed by atoms with Crippen LogP contribution in [0.5, 0.6) is 0 Å². The topological polar surface area (TPSA) is 56.7 Å². The molecule has 0 aliphatic heterocycles. The number of para-hydroxylation sites is 2. The van der Waals surface area contributed by atoms with Crippen LogP contribution in [0.2, 0.25) is 0 Å². The van der Waals surface area contributed by atoms with Crippen LogP contribution in [-0.2, 0) is 0 Å². The minimum absolute atomic E-state index is 0.583. The molecule has 8 aromatic carbocycles. The van der Waals surface area contributed by atoms with Crippen LogP contribution in [0.4, 0.5) is 0 Å². The lowest BCUT2D eigenvalue weighted by atomic mass is 9.99. The average Bonchev–Trinajstić information content (AvgIpc) is 3.83. The molecule has 0 fully saturated rings. The molecule has 0 aliphatic rings. The van der Waals surface area contributed by atoms with Crippen LogP contribution < -0.4 is 0 Å². The number of hydrogen-bond donors (Lipinski definition) is 0. The largest absolute Gasteiger partial charge is 0.454 e. The van der Waals surface area contributed by atoms with Gasteiger partial charge in [-0.05, 0) is 52.6 Å². The molecular formula is C51H32N4O. The molecular weight excluding hydrogens is 685 g/mol. The lowest BCUT2D eigenvalue weighted by molar-refractivity contribution is 0.666. The molecule has 0 N–H and O–H groups in total. The number of nitrogens with zero attached hydrogens (tertiary/aromatic N) is 4. The second-order valence-corrected chi connectivity index (χ2v) is 14.0. The Morgan fingerprint density at radius 3 is 1.61 bits per heavy atom. The number of benzene rings is 8. The molecule has 0 saturated carbocycles. The van der Waals surface area contributed by atoms with E-state index in [0.29, 0.717) is 17.5 Å². The Bertz CT molecular complexity index is 3220. The van der Waals surface area contributed by atoms with E-state index < -0.39 is 0 Å². The number of hydrogen-bond acceptors (Lipinski definition) is 4. The van der Waals surface area contributed by atoms with E-state index in [1.165, 1.54) is 21.9 Å². The van der Waals surface area contributed by atoms with E-state index in [0.717, 1.165) is 66.5 Å². The molecule has 5 nitrogen and oxygen atoms in total. The fourth-order valence-corrected chi connectivity index (χ4v) is 8.03. The van der Waals surface area contributed by atoms with E-state index in [2.05, 4.69) is 162 Å². The van der Waals surface area contributed by atoms with Crippen molar-refractivity contribution in [3.05, 3.63) is 194 Å². The summed E-state index contributed by atoms with van der Waals surface area (Å²) in [6, 6.07) is 67.4. The Balaban J connectivity index is 1.06. The lowest BCUT2D eigenvalue weighted by Crippen LogP contribution is -2.00. The zero-order valence-electron chi connectivity index (χ0n) is 30.2. The summed E-state index contributed by atoms with van der Waals surface area (Å²) in [6.45, 7) is 0. The van der Waals surface area contributed by atoms with Crippen molar-refractivity contribution in [2.45, 2.75) is 0 Å². The molecule has 56 heavy (non-hydrogen) atoms. The maximum Gasteiger partial charge on any atom is 0.164 e. The van der Waals surface area contributed by atoms with Crippen molar-refractivity contribution in [1.29, 1.82) is 0 Å². The summed E-state index contributed by atoms with van der Waals surface area (Å²) in [7, 11) is 0. The predicted molar refractivity (Wildman–Crippen MR) is 229 cm³/mol. The van der Waals surface area contributed by atoms with Gasteiger partial charge >= 0.3 is 0 Å². The van der Waals surface area contributed by atoms with Gasteiger partial charge in [0.15, 0.2) is 23.1 Å². The van der Waals surface area contributed by atoms with E-state index in [9.17, 15) is 0 Å². The van der Waals surface area contributed by atoms with Crippen molar-refractivity contribution < 1.29 is 4.42 Å². The Morgan fingerprint density at radius 2 is 0.875 bits per heavy atom. The molecule has 5 heteroatoms. The van der Waals surface area contributed by atoms with E-state index >= 15 is 0 Å². The molecule has 0 aliphatic carbocycles. The van der Waals surface area contributed by atoms with Crippen molar-refractivity contribution >= 4 is 43.7 Å². The van der Waals surface area contributed by atoms with Crippen LogP contribution in [0.1, 0.15) is 0 Å². The van der Waals surface area contributed by atoms with Gasteiger partial charge in [0, 0.05) is 38.2 Å². The fraction of sp³-hybridized carbons (Fsp3) is 0. The molecule has 0 spiro atoms. The van der Waals surface area contributed by atoms with Crippen molar-refractivity contribution in [2.24, 2.45) is 0 Å². The molecule has 0 amide bonds. The van der Waals surface area contributed by atoms with Gasteiger partial charge < -0.3 is 8.98 Å². The normalized spacial score (nSPS) is 11.6. The highest BCUT2D eigenvalue weighted by molar-refractivity contribution is 6.17. The van der Waals surface area contributed by atoms with Crippen LogP contribution in [0.15, 0.2) is 199 Å². The van der Waals surface area contributed by atoms with Gasteiger partial charge in [0.05, 0.1) is 16.7 Å². The number of fused-ring (bicyclic) bond motifs is 6. The monoisotopic (exact) mass is 716 g/mol. The molecule has 3 aromatic heterocycles. The van der Waals surface area contributed by atoms with Gasteiger partial charge in [0.1, 0.15) is 5.58 Å². The van der Waals surface area contributed by atoms with Gasteiger partial charge in [-0.25, -0.2) is 15.0 Å². The van der Waals surface area contributed by atoms with Crippen LogP contribution in [-0.4, -0.2) is 19.5 Å². The van der Waals surface area contributed by atoms with Crippen molar-refractivity contribution in [2.75, 3.05) is 0 Å². The van der Waals surface area contributed by atoms with Gasteiger partial charge in [-0.3, -0.25) is 0 Å². The molecule has 11 rings (SSSR count). The van der Waals surface area contributed by atoms with Gasteiger partial charge in [-0.2, -0.15) is 0 Å². The molecule has 11 aromatic rings. The van der Waals surface area contributed by atoms with Gasteiger partial charge in [-0.1, -0.05) is 164 Å². The first kappa shape index (κ1) is 31.9. The Morgan fingerprint density at radius 1 is 0.357 bits per heavy atom. The fourth-order valence-electron chi connectivity index (χ4n) is 8.03. The molecule has 262 valence electrons. The SMILES string of the molecule is c1ccc(-c2ccc(-c3nc(-c4ccccc4)nc(-c4ccc5c(c4)oc4c(-n6c7ccccc7c7c(-c8ccccc8)cccc76)cccc45)n3)cc2)cc1. The van der Waals surface area contributed by atoms with Crippen molar-refractivity contribution in [3.63, 3.8) is 0 Å². The highest BCUT2D eigenvalue weighted by Crippen LogP contribution is 2.42. The molecule has 3 heterocycles. The zero-order valence-corrected chi connectivity index (χ0v) is 30.2. The summed E-state index contributed by atoms with van der Waals surface area (Å²) in [6.07, 6.45) is 0. The van der Waals surface area contributed by atoms with E-state index in [4.69, 9.17) is 19.4 Å². The summed E-state index contributed by atoms with van der Waals surface area (Å²) < 4.78 is 9.22. The maximum atomic E-state index is 6.88. The number of aromatic nitrogens is 4. The molecule has 0 saturated heterocycles. The number of furan rings is 1. The number of rotatable bonds is 6. The van der Waals surface area contributed by atoms with Gasteiger partial charge in [0.2, 0.25) is 0 Å². The third kappa shape index (κ3) is 5.29. The lowest BCUT2D eigenvalue weighted by Gasteiger charge is -2.09. The quantitative estimate of drug-likeness (QED) is 0.172. The van der Waals surface area contributed by atoms with Crippen molar-refractivity contribution in [1.82, 2.24) is 19.5 Å². The smallest absolute Gasteiger partial charge is 0.164 e. The average molecular weight is 717 g/mol. The highest BCUT2D eigenvalue weighted by atomic mass is 16.3. The zero-order chi connectivity index (χ0) is 37.0. The molecule has 0 atom stereocenters. The maximum absolute atomic E-state index is 6.88. The van der Waals surface area contributed by atoms with Crippen LogP contribution in [0, 0.1) is 0 Å². The molecule has 0 radical (unpaired) electrons. The van der Waals surface area contributed by atoms with Crippen LogP contribution >= 0.6 is 0 Å². The Labute approximate surface area is 322 Å². The Hall–Kier alpha value is -7.63. The minimum Gasteiger partial charge on any atom is -0.454 e. The van der Waals surface area contributed by atoms with E-state index in [1.54, 1.807) is 0 Å². The van der Waals surface area contributed by atoms with Gasteiger partial charge in [-0.15, -0.1) is 0 Å². The van der Waals surface area contributed by atoms with Crippen molar-refractivity contribution in [3.8, 4) is 62.1 Å². The summed E-state index contributed by atoms with van der Waals surface area (Å²) in [5.41, 5.74) is 12.2. The summed E-state index contributed by atoms with van der Waals surface area (Å²) in [5.74, 6) is 1.81. The third-order valence-corrected chi connectivity index (χ3v) is 10.7. The summed E-state index contributed by atoms with van der Waals surface area (Å²) in [5, 5.41) is 4.51. The predicted octanol–water partition coefficient (Wildman–Crippen LogP) is 13.2. The second kappa shape index (κ2) is 13.0. The van der Waals surface area contributed by atoms with E-state index in [-0.39, 0.29) is 0 Å². The summed E-state index contributed by atoms with van der Waals surface area (Å²) >= 11 is 0. The highest BCUT2D eigenvalue weighted by Gasteiger charge is 2.20. The van der Waals surface area contributed by atoms with Crippen LogP contribution in [0.3, 0.4) is 0 Å². The first-order valence-electron chi connectivity index (χ1n) is 18.8. The standard InChI is InChI=1S/C51H32N4O/c1-4-14-33(15-5-1)34-26-28-37(29-27-34)50-52-49(36-18-8-3-9-19-36)53-51(54-50)38-30-31-40-41-22-13-25-45(48(41)56-46(40)32-38)55-43-23-11-10-20-42(43)47-39(21-12-24-44(47)55)35-16-6-2-7-17-35/h1-32H. The first-order chi connectivity index (χ1) is 27.8.